The molecule has 0 saturated heterocycles. The fourth-order valence-electron chi connectivity index (χ4n) is 2.91. The zero-order valence-corrected chi connectivity index (χ0v) is 14.3. The van der Waals surface area contributed by atoms with Crippen LogP contribution in [0.15, 0.2) is 35.7 Å². The molecule has 23 heavy (non-hydrogen) atoms. The minimum absolute atomic E-state index is 0.120. The molecular weight excluding hydrogens is 306 g/mol. The molecule has 0 aromatic carbocycles. The van der Waals surface area contributed by atoms with Gasteiger partial charge in [0.15, 0.2) is 0 Å². The largest absolute Gasteiger partial charge is 0.281 e. The number of aryl methyl sites for hydroxylation is 1. The third-order valence-corrected chi connectivity index (χ3v) is 5.65. The molecule has 1 aliphatic rings. The van der Waals surface area contributed by atoms with Gasteiger partial charge in [0.05, 0.1) is 10.6 Å². The third-order valence-electron chi connectivity index (χ3n) is 4.41. The number of pyridine rings is 1. The molecule has 1 atom stereocenters. The number of hydrazone groups is 1. The molecule has 2 heterocycles. The summed E-state index contributed by atoms with van der Waals surface area (Å²) in [6, 6.07) is 5.80. The maximum absolute atomic E-state index is 12.3. The Morgan fingerprint density at radius 3 is 2.96 bits per heavy atom. The van der Waals surface area contributed by atoms with Crippen LogP contribution in [0.4, 0.5) is 0 Å². The van der Waals surface area contributed by atoms with Crippen LogP contribution in [0.2, 0.25) is 0 Å². The Kier molecular flexibility index (Phi) is 4.86. The predicted molar refractivity (Wildman–Crippen MR) is 94.0 cm³/mol. The molecule has 0 fully saturated rings. The number of nitrogens with one attached hydrogen (secondary N) is 1. The van der Waals surface area contributed by atoms with Crippen LogP contribution in [-0.2, 0) is 12.8 Å². The van der Waals surface area contributed by atoms with Crippen molar-refractivity contribution in [1.82, 2.24) is 10.4 Å². The summed E-state index contributed by atoms with van der Waals surface area (Å²) in [7, 11) is 0. The van der Waals surface area contributed by atoms with E-state index in [-0.39, 0.29) is 5.91 Å². The molecule has 4 nitrogen and oxygen atoms in total. The van der Waals surface area contributed by atoms with Crippen LogP contribution in [0.5, 0.6) is 0 Å². The number of aromatic nitrogens is 1. The van der Waals surface area contributed by atoms with Crippen LogP contribution in [0.25, 0.3) is 0 Å². The smallest absolute Gasteiger partial charge is 0.266 e. The molecule has 0 spiro atoms. The molecule has 0 saturated carbocycles. The summed E-state index contributed by atoms with van der Waals surface area (Å²) < 4.78 is 0. The Labute approximate surface area is 140 Å². The SMILES string of the molecule is CC[C@@H]1CCc2sc(C(=O)N/N=C(/C)c3ccncc3)cc2C1. The minimum Gasteiger partial charge on any atom is -0.266 e. The number of carbonyl (C=O) groups is 1. The van der Waals surface area contributed by atoms with Crippen LogP contribution < -0.4 is 5.43 Å². The fraction of sp³-hybridized carbons (Fsp3) is 0.389. The molecule has 1 amide bonds. The van der Waals surface area contributed by atoms with Gasteiger partial charge in [-0.2, -0.15) is 5.10 Å². The summed E-state index contributed by atoms with van der Waals surface area (Å²) >= 11 is 1.61. The van der Waals surface area contributed by atoms with Crippen molar-refractivity contribution in [3.8, 4) is 0 Å². The van der Waals surface area contributed by atoms with E-state index in [9.17, 15) is 4.79 Å². The summed E-state index contributed by atoms with van der Waals surface area (Å²) in [4.78, 5) is 18.4. The first kappa shape index (κ1) is 15.9. The summed E-state index contributed by atoms with van der Waals surface area (Å²) in [6.07, 6.45) is 8.10. The van der Waals surface area contributed by atoms with Crippen molar-refractivity contribution in [1.29, 1.82) is 0 Å². The van der Waals surface area contributed by atoms with Gasteiger partial charge in [-0.05, 0) is 55.9 Å². The van der Waals surface area contributed by atoms with E-state index in [1.54, 1.807) is 23.7 Å². The maximum atomic E-state index is 12.3. The van der Waals surface area contributed by atoms with Gasteiger partial charge in [0.2, 0.25) is 0 Å². The Hall–Kier alpha value is -2.01. The number of amides is 1. The number of fused-ring (bicyclic) bond motifs is 1. The third kappa shape index (κ3) is 3.67. The van der Waals surface area contributed by atoms with E-state index in [2.05, 4.69) is 28.5 Å². The number of thiophene rings is 1. The maximum Gasteiger partial charge on any atom is 0.281 e. The van der Waals surface area contributed by atoms with Crippen molar-refractivity contribution >= 4 is 23.0 Å². The van der Waals surface area contributed by atoms with E-state index in [0.717, 1.165) is 34.9 Å². The van der Waals surface area contributed by atoms with Crippen molar-refractivity contribution < 1.29 is 4.79 Å². The molecule has 1 N–H and O–H groups in total. The van der Waals surface area contributed by atoms with Crippen LogP contribution in [0, 0.1) is 5.92 Å². The quantitative estimate of drug-likeness (QED) is 0.686. The summed E-state index contributed by atoms with van der Waals surface area (Å²) in [5.41, 5.74) is 5.75. The number of carbonyl (C=O) groups excluding carboxylic acids is 1. The minimum atomic E-state index is -0.120. The normalized spacial score (nSPS) is 17.7. The van der Waals surface area contributed by atoms with E-state index in [1.807, 2.05) is 19.1 Å². The molecule has 3 rings (SSSR count). The highest BCUT2D eigenvalue weighted by atomic mass is 32.1. The Bertz CT molecular complexity index is 721. The summed E-state index contributed by atoms with van der Waals surface area (Å²) in [5, 5.41) is 4.20. The van der Waals surface area contributed by atoms with E-state index in [1.165, 1.54) is 23.3 Å². The molecular formula is C18H21N3OS. The van der Waals surface area contributed by atoms with Crippen LogP contribution in [0.3, 0.4) is 0 Å². The van der Waals surface area contributed by atoms with Crippen molar-refractivity contribution in [3.05, 3.63) is 51.5 Å². The van der Waals surface area contributed by atoms with E-state index < -0.39 is 0 Å². The summed E-state index contributed by atoms with van der Waals surface area (Å²) in [6.45, 7) is 4.12. The van der Waals surface area contributed by atoms with Crippen LogP contribution in [-0.4, -0.2) is 16.6 Å². The molecule has 0 aliphatic heterocycles. The first-order chi connectivity index (χ1) is 11.2. The molecule has 1 aliphatic carbocycles. The highest BCUT2D eigenvalue weighted by Crippen LogP contribution is 2.33. The van der Waals surface area contributed by atoms with Crippen molar-refractivity contribution in [2.24, 2.45) is 11.0 Å². The molecule has 5 heteroatoms. The Morgan fingerprint density at radius 1 is 1.43 bits per heavy atom. The van der Waals surface area contributed by atoms with Crippen LogP contribution >= 0.6 is 11.3 Å². The lowest BCUT2D eigenvalue weighted by atomic mass is 9.87. The van der Waals surface area contributed by atoms with Crippen molar-refractivity contribution in [3.63, 3.8) is 0 Å². The highest BCUT2D eigenvalue weighted by molar-refractivity contribution is 7.14. The van der Waals surface area contributed by atoms with Gasteiger partial charge in [-0.15, -0.1) is 11.3 Å². The Balaban J connectivity index is 1.69. The zero-order valence-electron chi connectivity index (χ0n) is 13.5. The molecule has 120 valence electrons. The van der Waals surface area contributed by atoms with E-state index >= 15 is 0 Å². The van der Waals surface area contributed by atoms with Gasteiger partial charge in [-0.25, -0.2) is 5.43 Å². The number of hydrogen-bond acceptors (Lipinski definition) is 4. The second-order valence-corrected chi connectivity index (χ2v) is 7.09. The average Bonchev–Trinajstić information content (AvgIpc) is 3.03. The van der Waals surface area contributed by atoms with E-state index in [0.29, 0.717) is 0 Å². The lowest BCUT2D eigenvalue weighted by molar-refractivity contribution is 0.0959. The van der Waals surface area contributed by atoms with Gasteiger partial charge >= 0.3 is 0 Å². The van der Waals surface area contributed by atoms with Gasteiger partial charge in [0, 0.05) is 22.8 Å². The molecule has 0 radical (unpaired) electrons. The van der Waals surface area contributed by atoms with Crippen molar-refractivity contribution in [2.45, 2.75) is 39.5 Å². The lowest BCUT2D eigenvalue weighted by Gasteiger charge is -2.19. The second kappa shape index (κ2) is 7.04. The standard InChI is InChI=1S/C18H21N3OS/c1-3-13-4-5-16-15(10-13)11-17(23-16)18(22)21-20-12(2)14-6-8-19-9-7-14/h6-9,11,13H,3-5,10H2,1-2H3,(H,21,22)/b20-12-/t13-/m1/s1. The monoisotopic (exact) mass is 327 g/mol. The van der Waals surface area contributed by atoms with Gasteiger partial charge in [-0.1, -0.05) is 13.3 Å². The number of rotatable bonds is 4. The first-order valence-corrected chi connectivity index (χ1v) is 8.85. The van der Waals surface area contributed by atoms with Gasteiger partial charge in [0.25, 0.3) is 5.91 Å². The second-order valence-electron chi connectivity index (χ2n) is 5.95. The molecule has 2 aromatic rings. The Morgan fingerprint density at radius 2 is 2.22 bits per heavy atom. The zero-order chi connectivity index (χ0) is 16.2. The fourth-order valence-corrected chi connectivity index (χ4v) is 4.01. The number of hydrogen-bond donors (Lipinski definition) is 1. The highest BCUT2D eigenvalue weighted by Gasteiger charge is 2.21. The molecule has 0 bridgehead atoms. The van der Waals surface area contributed by atoms with Gasteiger partial charge in [0.1, 0.15) is 0 Å². The first-order valence-electron chi connectivity index (χ1n) is 8.04. The van der Waals surface area contributed by atoms with Gasteiger partial charge < -0.3 is 0 Å². The summed E-state index contributed by atoms with van der Waals surface area (Å²) in [5.74, 6) is 0.644. The predicted octanol–water partition coefficient (Wildman–Crippen LogP) is 3.81. The lowest BCUT2D eigenvalue weighted by Crippen LogP contribution is -2.18. The average molecular weight is 327 g/mol. The molecule has 2 aromatic heterocycles. The molecule has 0 unspecified atom stereocenters. The van der Waals surface area contributed by atoms with Crippen LogP contribution in [0.1, 0.15) is 52.4 Å². The van der Waals surface area contributed by atoms with E-state index in [4.69, 9.17) is 0 Å². The van der Waals surface area contributed by atoms with Gasteiger partial charge in [-0.3, -0.25) is 9.78 Å². The number of nitrogens with zero attached hydrogens (tertiary/aromatic N) is 2. The topological polar surface area (TPSA) is 54.4 Å². The van der Waals surface area contributed by atoms with Crippen molar-refractivity contribution in [2.75, 3.05) is 0 Å².